The highest BCUT2D eigenvalue weighted by Crippen LogP contribution is 2.25. The predicted octanol–water partition coefficient (Wildman–Crippen LogP) is 3.50. The second kappa shape index (κ2) is 9.12. The summed E-state index contributed by atoms with van der Waals surface area (Å²) in [6.45, 7) is 7.72. The molecular formula is C23H27F3N6O. The highest BCUT2D eigenvalue weighted by atomic mass is 19.2. The van der Waals surface area contributed by atoms with Crippen molar-refractivity contribution < 1.29 is 19.3 Å². The van der Waals surface area contributed by atoms with Crippen LogP contribution in [0.15, 0.2) is 36.7 Å². The normalized spacial score (nSPS) is 17.8. The van der Waals surface area contributed by atoms with Crippen LogP contribution in [0.5, 0.6) is 0 Å². The topological polar surface area (TPSA) is 58.5 Å². The van der Waals surface area contributed by atoms with Crippen LogP contribution in [0.25, 0.3) is 5.69 Å². The Kier molecular flexibility index (Phi) is 6.05. The molecule has 3 aromatic rings. The maximum absolute atomic E-state index is 15.3. The average Bonchev–Trinajstić information content (AvgIpc) is 3.22. The summed E-state index contributed by atoms with van der Waals surface area (Å²) in [5.74, 6) is -2.11. The Bertz CT molecular complexity index is 1150. The highest BCUT2D eigenvalue weighted by molar-refractivity contribution is 5.57. The first kappa shape index (κ1) is 21.9. The molecule has 1 aromatic heterocycles. The Morgan fingerprint density at radius 2 is 1.85 bits per heavy atom. The zero-order chi connectivity index (χ0) is 22.9. The summed E-state index contributed by atoms with van der Waals surface area (Å²) in [5.41, 5.74) is 2.11. The maximum Gasteiger partial charge on any atom is 0.247 e. The molecule has 176 valence electrons. The van der Waals surface area contributed by atoms with Crippen LogP contribution in [-0.2, 0) is 11.3 Å². The lowest BCUT2D eigenvalue weighted by atomic mass is 10.1. The van der Waals surface area contributed by atoms with E-state index in [0.29, 0.717) is 23.8 Å². The highest BCUT2D eigenvalue weighted by Gasteiger charge is 2.29. The molecule has 33 heavy (non-hydrogen) atoms. The van der Waals surface area contributed by atoms with Crippen molar-refractivity contribution >= 4 is 11.6 Å². The minimum absolute atomic E-state index is 0. The molecule has 0 saturated carbocycles. The van der Waals surface area contributed by atoms with Crippen LogP contribution in [0.3, 0.4) is 0 Å². The number of hydrogen-bond acceptors (Lipinski definition) is 6. The molecule has 2 aliphatic heterocycles. The maximum atomic E-state index is 15.3. The van der Waals surface area contributed by atoms with Gasteiger partial charge >= 0.3 is 0 Å². The van der Waals surface area contributed by atoms with Gasteiger partial charge in [-0.3, -0.25) is 9.80 Å². The minimum atomic E-state index is -0.978. The molecule has 2 aromatic carbocycles. The van der Waals surface area contributed by atoms with E-state index in [1.54, 1.807) is 6.07 Å². The van der Waals surface area contributed by atoms with E-state index in [4.69, 9.17) is 4.74 Å². The number of aromatic nitrogens is 3. The third-order valence-electron chi connectivity index (χ3n) is 6.14. The van der Waals surface area contributed by atoms with E-state index in [1.807, 2.05) is 13.0 Å². The number of anilines is 2. The van der Waals surface area contributed by atoms with Crippen LogP contribution >= 0.6 is 0 Å². The first-order valence-electron chi connectivity index (χ1n) is 10.9. The zero-order valence-corrected chi connectivity index (χ0v) is 18.3. The second-order valence-electron chi connectivity index (χ2n) is 8.53. The Morgan fingerprint density at radius 1 is 1.06 bits per heavy atom. The Balaban J connectivity index is 0.00000274. The largest absolute Gasteiger partial charge is 0.378 e. The number of halogens is 3. The van der Waals surface area contributed by atoms with Gasteiger partial charge in [-0.25, -0.2) is 17.9 Å². The summed E-state index contributed by atoms with van der Waals surface area (Å²) >= 11 is 0. The lowest BCUT2D eigenvalue weighted by Crippen LogP contribution is -2.56. The standard InChI is InChI=1S/C23H25F3N6O.H2/c1-15-8-16(11-30-4-6-31(7-5-30)18-12-33-13-18)22(26)21(9-15)28-23-27-14-32(29-23)17-2-3-19(24)20(25)10-17;/h2-3,8-10,14,18H,4-7,11-13H2,1H3,(H,28,29);1H. The number of nitrogens with one attached hydrogen (secondary N) is 1. The van der Waals surface area contributed by atoms with Gasteiger partial charge in [0, 0.05) is 45.8 Å². The van der Waals surface area contributed by atoms with Crippen molar-refractivity contribution in [2.45, 2.75) is 19.5 Å². The van der Waals surface area contributed by atoms with Crippen molar-refractivity contribution in [3.63, 3.8) is 0 Å². The van der Waals surface area contributed by atoms with Crippen LogP contribution in [0, 0.1) is 24.4 Å². The van der Waals surface area contributed by atoms with E-state index in [9.17, 15) is 8.78 Å². The van der Waals surface area contributed by atoms with Gasteiger partial charge in [0.2, 0.25) is 5.95 Å². The van der Waals surface area contributed by atoms with E-state index in [1.165, 1.54) is 17.1 Å². The van der Waals surface area contributed by atoms with Gasteiger partial charge < -0.3 is 10.1 Å². The van der Waals surface area contributed by atoms with Crippen molar-refractivity contribution in [3.8, 4) is 5.69 Å². The molecule has 2 aliphatic rings. The predicted molar refractivity (Wildman–Crippen MR) is 119 cm³/mol. The fourth-order valence-corrected chi connectivity index (χ4v) is 4.20. The van der Waals surface area contributed by atoms with Gasteiger partial charge in [-0.2, -0.15) is 4.98 Å². The van der Waals surface area contributed by atoms with Crippen LogP contribution in [-0.4, -0.2) is 70.0 Å². The number of aryl methyl sites for hydroxylation is 1. The molecule has 0 atom stereocenters. The number of benzene rings is 2. The summed E-state index contributed by atoms with van der Waals surface area (Å²) < 4.78 is 48.6. The van der Waals surface area contributed by atoms with Gasteiger partial charge in [-0.05, 0) is 30.7 Å². The van der Waals surface area contributed by atoms with Gasteiger partial charge in [0.05, 0.1) is 30.6 Å². The molecule has 7 nitrogen and oxygen atoms in total. The van der Waals surface area contributed by atoms with Gasteiger partial charge in [0.15, 0.2) is 17.5 Å². The molecule has 1 N–H and O–H groups in total. The Hall–Kier alpha value is -2.95. The lowest BCUT2D eigenvalue weighted by Gasteiger charge is -2.42. The van der Waals surface area contributed by atoms with Crippen molar-refractivity contribution in [1.82, 2.24) is 24.6 Å². The van der Waals surface area contributed by atoms with Crippen LogP contribution in [0.4, 0.5) is 24.8 Å². The fourth-order valence-electron chi connectivity index (χ4n) is 4.20. The number of hydrogen-bond donors (Lipinski definition) is 1. The Morgan fingerprint density at radius 3 is 2.55 bits per heavy atom. The minimum Gasteiger partial charge on any atom is -0.378 e. The molecule has 0 unspecified atom stereocenters. The number of ether oxygens (including phenoxy) is 1. The Labute approximate surface area is 191 Å². The van der Waals surface area contributed by atoms with Gasteiger partial charge in [-0.15, -0.1) is 5.10 Å². The first-order chi connectivity index (χ1) is 16.0. The summed E-state index contributed by atoms with van der Waals surface area (Å²) in [6.07, 6.45) is 1.36. The van der Waals surface area contributed by atoms with Crippen molar-refractivity contribution in [1.29, 1.82) is 0 Å². The third kappa shape index (κ3) is 4.73. The van der Waals surface area contributed by atoms with Gasteiger partial charge in [0.25, 0.3) is 0 Å². The molecular weight excluding hydrogens is 433 g/mol. The molecule has 3 heterocycles. The molecule has 2 saturated heterocycles. The van der Waals surface area contributed by atoms with Crippen molar-refractivity contribution in [3.05, 3.63) is 65.2 Å². The van der Waals surface area contributed by atoms with E-state index < -0.39 is 11.6 Å². The molecule has 0 radical (unpaired) electrons. The molecule has 5 rings (SSSR count). The number of piperazine rings is 1. The van der Waals surface area contributed by atoms with Crippen LogP contribution in [0.2, 0.25) is 0 Å². The van der Waals surface area contributed by atoms with E-state index in [0.717, 1.165) is 57.1 Å². The molecule has 10 heteroatoms. The number of rotatable bonds is 6. The monoisotopic (exact) mass is 460 g/mol. The summed E-state index contributed by atoms with van der Waals surface area (Å²) in [4.78, 5) is 8.82. The quantitative estimate of drug-likeness (QED) is 0.608. The van der Waals surface area contributed by atoms with E-state index in [2.05, 4.69) is 25.2 Å². The number of nitrogens with zero attached hydrogens (tertiary/aromatic N) is 5. The molecule has 0 spiro atoms. The molecule has 0 amide bonds. The van der Waals surface area contributed by atoms with E-state index in [-0.39, 0.29) is 18.9 Å². The van der Waals surface area contributed by atoms with Crippen LogP contribution < -0.4 is 5.32 Å². The van der Waals surface area contributed by atoms with Crippen LogP contribution in [0.1, 0.15) is 12.6 Å². The summed E-state index contributed by atoms with van der Waals surface area (Å²) in [6, 6.07) is 7.52. The fraction of sp³-hybridized carbons (Fsp3) is 0.391. The summed E-state index contributed by atoms with van der Waals surface area (Å²) in [7, 11) is 0. The summed E-state index contributed by atoms with van der Waals surface area (Å²) in [5, 5.41) is 7.13. The molecule has 0 aliphatic carbocycles. The zero-order valence-electron chi connectivity index (χ0n) is 18.3. The average molecular weight is 461 g/mol. The third-order valence-corrected chi connectivity index (χ3v) is 6.14. The van der Waals surface area contributed by atoms with Crippen molar-refractivity contribution in [2.75, 3.05) is 44.7 Å². The van der Waals surface area contributed by atoms with Crippen molar-refractivity contribution in [2.24, 2.45) is 0 Å². The SMILES string of the molecule is Cc1cc(CN2CCN(C3COC3)CC2)c(F)c(Nc2ncn(-c3ccc(F)c(F)c3)n2)c1.[HH]. The van der Waals surface area contributed by atoms with Gasteiger partial charge in [0.1, 0.15) is 6.33 Å². The molecule has 2 fully saturated rings. The van der Waals surface area contributed by atoms with E-state index >= 15 is 4.39 Å². The van der Waals surface area contributed by atoms with Gasteiger partial charge in [-0.1, -0.05) is 6.07 Å². The lowest BCUT2D eigenvalue weighted by molar-refractivity contribution is -0.0774. The smallest absolute Gasteiger partial charge is 0.247 e. The first-order valence-corrected chi connectivity index (χ1v) is 10.9. The molecule has 0 bridgehead atoms. The second-order valence-corrected chi connectivity index (χ2v) is 8.53.